The number of amides is 1. The van der Waals surface area contributed by atoms with Gasteiger partial charge >= 0.3 is 0 Å². The van der Waals surface area contributed by atoms with Gasteiger partial charge in [0.25, 0.3) is 5.91 Å². The van der Waals surface area contributed by atoms with Crippen molar-refractivity contribution < 1.29 is 18.0 Å². The molecule has 0 spiro atoms. The average molecular weight is 324 g/mol. The van der Waals surface area contributed by atoms with Crippen molar-refractivity contribution in [2.24, 2.45) is 0 Å². The minimum absolute atomic E-state index is 0.0739. The molecule has 1 aromatic carbocycles. The van der Waals surface area contributed by atoms with Gasteiger partial charge in [-0.1, -0.05) is 13.3 Å². The molecule has 0 unspecified atom stereocenters. The van der Waals surface area contributed by atoms with Crippen LogP contribution in [0.15, 0.2) is 24.5 Å². The molecule has 1 heterocycles. The third kappa shape index (κ3) is 4.18. The first-order chi connectivity index (χ1) is 11.0. The molecule has 0 saturated carbocycles. The zero-order valence-electron chi connectivity index (χ0n) is 12.4. The van der Waals surface area contributed by atoms with Crippen molar-refractivity contribution in [2.45, 2.75) is 19.8 Å². The maximum absolute atomic E-state index is 13.5. The molecular formula is C15H15F3N4O. The van der Waals surface area contributed by atoms with E-state index in [0.29, 0.717) is 5.82 Å². The van der Waals surface area contributed by atoms with E-state index >= 15 is 0 Å². The van der Waals surface area contributed by atoms with E-state index in [1.54, 1.807) is 0 Å². The van der Waals surface area contributed by atoms with E-state index in [0.717, 1.165) is 31.5 Å². The molecule has 2 aromatic rings. The van der Waals surface area contributed by atoms with E-state index in [9.17, 15) is 18.0 Å². The van der Waals surface area contributed by atoms with Gasteiger partial charge in [0, 0.05) is 6.54 Å². The van der Waals surface area contributed by atoms with E-state index < -0.39 is 29.0 Å². The maximum atomic E-state index is 13.5. The molecule has 8 heteroatoms. The third-order valence-corrected chi connectivity index (χ3v) is 3.00. The molecule has 0 aliphatic rings. The number of carbonyl (C=O) groups excluding carboxylic acids is 1. The van der Waals surface area contributed by atoms with Crippen LogP contribution in [0.5, 0.6) is 0 Å². The molecule has 122 valence electrons. The molecule has 0 bridgehead atoms. The number of rotatable bonds is 6. The molecule has 2 rings (SSSR count). The third-order valence-electron chi connectivity index (χ3n) is 3.00. The highest BCUT2D eigenvalue weighted by molar-refractivity contribution is 6.02. The number of hydrogen-bond acceptors (Lipinski definition) is 4. The number of halogens is 3. The Morgan fingerprint density at radius 2 is 1.91 bits per heavy atom. The molecule has 0 aliphatic carbocycles. The summed E-state index contributed by atoms with van der Waals surface area (Å²) in [7, 11) is 0. The lowest BCUT2D eigenvalue weighted by atomic mass is 10.2. The van der Waals surface area contributed by atoms with E-state index in [2.05, 4.69) is 27.5 Å². The summed E-state index contributed by atoms with van der Waals surface area (Å²) in [5.41, 5.74) is -0.545. The SMILES string of the molecule is CCCCNc1cnc(C(=O)Nc2ccc(F)c(F)c2F)cn1. The molecule has 0 saturated heterocycles. The molecular weight excluding hydrogens is 309 g/mol. The largest absolute Gasteiger partial charge is 0.369 e. The van der Waals surface area contributed by atoms with Crippen LogP contribution in [0.2, 0.25) is 0 Å². The quantitative estimate of drug-likeness (QED) is 0.631. The first-order valence-corrected chi connectivity index (χ1v) is 7.03. The van der Waals surface area contributed by atoms with Crippen LogP contribution >= 0.6 is 0 Å². The summed E-state index contributed by atoms with van der Waals surface area (Å²) in [6.07, 6.45) is 4.58. The first kappa shape index (κ1) is 16.7. The van der Waals surface area contributed by atoms with Crippen molar-refractivity contribution in [3.63, 3.8) is 0 Å². The summed E-state index contributed by atoms with van der Waals surface area (Å²) in [4.78, 5) is 19.8. The van der Waals surface area contributed by atoms with Crippen molar-refractivity contribution in [2.75, 3.05) is 17.2 Å². The lowest BCUT2D eigenvalue weighted by molar-refractivity contribution is 0.102. The van der Waals surface area contributed by atoms with Crippen molar-refractivity contribution >= 4 is 17.4 Å². The van der Waals surface area contributed by atoms with Gasteiger partial charge < -0.3 is 10.6 Å². The Balaban J connectivity index is 2.05. The highest BCUT2D eigenvalue weighted by Crippen LogP contribution is 2.20. The molecule has 2 N–H and O–H groups in total. The molecule has 1 amide bonds. The van der Waals surface area contributed by atoms with Crippen LogP contribution in [0.4, 0.5) is 24.7 Å². The number of aromatic nitrogens is 2. The van der Waals surface area contributed by atoms with E-state index in [-0.39, 0.29) is 5.69 Å². The zero-order chi connectivity index (χ0) is 16.8. The monoisotopic (exact) mass is 324 g/mol. The fourth-order valence-corrected chi connectivity index (χ4v) is 1.74. The van der Waals surface area contributed by atoms with Crippen LogP contribution in [0.3, 0.4) is 0 Å². The molecule has 0 fully saturated rings. The Labute approximate surface area is 131 Å². The van der Waals surface area contributed by atoms with Gasteiger partial charge in [-0.3, -0.25) is 4.79 Å². The van der Waals surface area contributed by atoms with Gasteiger partial charge in [0.15, 0.2) is 17.5 Å². The van der Waals surface area contributed by atoms with Crippen molar-refractivity contribution in [1.29, 1.82) is 0 Å². The Morgan fingerprint density at radius 1 is 1.13 bits per heavy atom. The molecule has 1 aromatic heterocycles. The number of unbranched alkanes of at least 4 members (excludes halogenated alkanes) is 1. The second-order valence-electron chi connectivity index (χ2n) is 4.74. The number of nitrogens with zero attached hydrogens (tertiary/aromatic N) is 2. The van der Waals surface area contributed by atoms with Crippen LogP contribution in [0, 0.1) is 17.5 Å². The van der Waals surface area contributed by atoms with Crippen LogP contribution in [-0.4, -0.2) is 22.4 Å². The second kappa shape index (κ2) is 7.57. The lowest BCUT2D eigenvalue weighted by Crippen LogP contribution is -2.16. The molecule has 5 nitrogen and oxygen atoms in total. The van der Waals surface area contributed by atoms with Crippen LogP contribution in [0.1, 0.15) is 30.3 Å². The predicted octanol–water partition coefficient (Wildman–Crippen LogP) is 3.36. The second-order valence-corrected chi connectivity index (χ2v) is 4.74. The highest BCUT2D eigenvalue weighted by atomic mass is 19.2. The fraction of sp³-hybridized carbons (Fsp3) is 0.267. The van der Waals surface area contributed by atoms with Gasteiger partial charge in [-0.25, -0.2) is 23.1 Å². The summed E-state index contributed by atoms with van der Waals surface area (Å²) >= 11 is 0. The van der Waals surface area contributed by atoms with Crippen LogP contribution < -0.4 is 10.6 Å². The Kier molecular flexibility index (Phi) is 5.51. The minimum atomic E-state index is -1.65. The van der Waals surface area contributed by atoms with E-state index in [1.165, 1.54) is 12.4 Å². The van der Waals surface area contributed by atoms with Gasteiger partial charge in [0.2, 0.25) is 0 Å². The Hall–Kier alpha value is -2.64. The van der Waals surface area contributed by atoms with Gasteiger partial charge in [-0.05, 0) is 18.6 Å². The summed E-state index contributed by atoms with van der Waals surface area (Å²) in [5, 5.41) is 5.15. The van der Waals surface area contributed by atoms with Crippen molar-refractivity contribution in [3.8, 4) is 0 Å². The Morgan fingerprint density at radius 3 is 2.57 bits per heavy atom. The van der Waals surface area contributed by atoms with Crippen LogP contribution in [0.25, 0.3) is 0 Å². The molecule has 0 aliphatic heterocycles. The van der Waals surface area contributed by atoms with Gasteiger partial charge in [0.1, 0.15) is 11.5 Å². The molecule has 0 atom stereocenters. The molecule has 0 radical (unpaired) electrons. The number of nitrogens with one attached hydrogen (secondary N) is 2. The standard InChI is InChI=1S/C15H15F3N4O/c1-2-3-6-19-12-8-20-11(7-21-12)15(23)22-10-5-4-9(16)13(17)14(10)18/h4-5,7-8H,2-3,6H2,1H3,(H,19,21)(H,22,23). The highest BCUT2D eigenvalue weighted by Gasteiger charge is 2.16. The number of anilines is 2. The number of hydrogen-bond donors (Lipinski definition) is 2. The Bertz CT molecular complexity index is 692. The molecule has 23 heavy (non-hydrogen) atoms. The van der Waals surface area contributed by atoms with Crippen LogP contribution in [-0.2, 0) is 0 Å². The van der Waals surface area contributed by atoms with Gasteiger partial charge in [-0.2, -0.15) is 0 Å². The van der Waals surface area contributed by atoms with Gasteiger partial charge in [-0.15, -0.1) is 0 Å². The van der Waals surface area contributed by atoms with Gasteiger partial charge in [0.05, 0.1) is 18.1 Å². The van der Waals surface area contributed by atoms with E-state index in [1.807, 2.05) is 0 Å². The zero-order valence-corrected chi connectivity index (χ0v) is 12.4. The first-order valence-electron chi connectivity index (χ1n) is 7.03. The smallest absolute Gasteiger partial charge is 0.275 e. The minimum Gasteiger partial charge on any atom is -0.369 e. The summed E-state index contributed by atoms with van der Waals surface area (Å²) in [6.45, 7) is 2.79. The average Bonchev–Trinajstić information content (AvgIpc) is 2.56. The fourth-order valence-electron chi connectivity index (χ4n) is 1.74. The normalized spacial score (nSPS) is 10.4. The lowest BCUT2D eigenvalue weighted by Gasteiger charge is -2.08. The van der Waals surface area contributed by atoms with Crippen molar-refractivity contribution in [3.05, 3.63) is 47.7 Å². The van der Waals surface area contributed by atoms with E-state index in [4.69, 9.17) is 0 Å². The topological polar surface area (TPSA) is 66.9 Å². The predicted molar refractivity (Wildman–Crippen MR) is 79.7 cm³/mol. The van der Waals surface area contributed by atoms with Crippen molar-refractivity contribution in [1.82, 2.24) is 9.97 Å². The summed E-state index contributed by atoms with van der Waals surface area (Å²) < 4.78 is 39.4. The number of benzene rings is 1. The summed E-state index contributed by atoms with van der Waals surface area (Å²) in [6, 6.07) is 1.65. The number of carbonyl (C=O) groups is 1. The summed E-state index contributed by atoms with van der Waals surface area (Å²) in [5.74, 6) is -4.71. The maximum Gasteiger partial charge on any atom is 0.275 e.